The molecule has 1 N–H and O–H groups in total. The lowest BCUT2D eigenvalue weighted by Crippen LogP contribution is -2.38. The van der Waals surface area contributed by atoms with Crippen LogP contribution >= 0.6 is 12.2 Å². The van der Waals surface area contributed by atoms with Crippen molar-refractivity contribution < 1.29 is 0 Å². The summed E-state index contributed by atoms with van der Waals surface area (Å²) in [5.41, 5.74) is 0. The lowest BCUT2D eigenvalue weighted by Gasteiger charge is -2.34. The van der Waals surface area contributed by atoms with Crippen LogP contribution in [-0.2, 0) is 0 Å². The Labute approximate surface area is 114 Å². The van der Waals surface area contributed by atoms with Crippen molar-refractivity contribution in [1.29, 1.82) is 0 Å². The van der Waals surface area contributed by atoms with E-state index in [1.54, 1.807) is 0 Å². The Bertz CT molecular complexity index is 428. The summed E-state index contributed by atoms with van der Waals surface area (Å²) < 4.78 is 2.86. The van der Waals surface area contributed by atoms with Gasteiger partial charge in [-0.3, -0.25) is 4.57 Å². The average Bonchev–Trinajstić information content (AvgIpc) is 2.74. The highest BCUT2D eigenvalue weighted by molar-refractivity contribution is 7.71. The molecule has 1 saturated carbocycles. The van der Waals surface area contributed by atoms with Crippen LogP contribution in [0.5, 0.6) is 0 Å². The number of anilines is 1. The number of aromatic amines is 1. The summed E-state index contributed by atoms with van der Waals surface area (Å²) in [6, 6.07) is 0.982. The van der Waals surface area contributed by atoms with Gasteiger partial charge in [0.25, 0.3) is 0 Å². The van der Waals surface area contributed by atoms with Crippen molar-refractivity contribution in [3.63, 3.8) is 0 Å². The summed E-state index contributed by atoms with van der Waals surface area (Å²) in [6.45, 7) is 7.51. The van der Waals surface area contributed by atoms with Crippen molar-refractivity contribution in [2.24, 2.45) is 0 Å². The number of aromatic nitrogens is 3. The highest BCUT2D eigenvalue weighted by atomic mass is 32.1. The van der Waals surface area contributed by atoms with Gasteiger partial charge in [-0.1, -0.05) is 19.3 Å². The van der Waals surface area contributed by atoms with Gasteiger partial charge < -0.3 is 4.90 Å². The number of rotatable bonds is 4. The van der Waals surface area contributed by atoms with E-state index < -0.39 is 0 Å². The molecule has 2 rings (SSSR count). The van der Waals surface area contributed by atoms with Gasteiger partial charge in [-0.15, -0.1) is 5.10 Å². The zero-order valence-electron chi connectivity index (χ0n) is 11.6. The Balaban J connectivity index is 2.29. The van der Waals surface area contributed by atoms with Gasteiger partial charge in [0.1, 0.15) is 0 Å². The van der Waals surface area contributed by atoms with Gasteiger partial charge in [0.15, 0.2) is 4.77 Å². The Morgan fingerprint density at radius 2 is 2.06 bits per heavy atom. The van der Waals surface area contributed by atoms with Crippen molar-refractivity contribution >= 4 is 18.2 Å². The molecule has 0 radical (unpaired) electrons. The van der Waals surface area contributed by atoms with Crippen LogP contribution in [0.3, 0.4) is 0 Å². The molecule has 0 unspecified atom stereocenters. The molecule has 1 aromatic heterocycles. The molecule has 0 spiro atoms. The van der Waals surface area contributed by atoms with E-state index in [0.29, 0.717) is 12.1 Å². The molecule has 1 aromatic rings. The quantitative estimate of drug-likeness (QED) is 0.846. The number of H-pyrrole nitrogens is 1. The lowest BCUT2D eigenvalue weighted by atomic mass is 9.94. The molecule has 18 heavy (non-hydrogen) atoms. The molecule has 1 aliphatic carbocycles. The predicted molar refractivity (Wildman–Crippen MR) is 77.7 cm³/mol. The first-order valence-electron chi connectivity index (χ1n) is 7.08. The van der Waals surface area contributed by atoms with E-state index in [1.165, 1.54) is 32.1 Å². The lowest BCUT2D eigenvalue weighted by molar-refractivity contribution is 0.408. The molecular formula is C13H24N4S. The van der Waals surface area contributed by atoms with Crippen molar-refractivity contribution in [3.05, 3.63) is 4.77 Å². The third-order valence-electron chi connectivity index (χ3n) is 3.82. The van der Waals surface area contributed by atoms with E-state index in [1.807, 2.05) is 0 Å². The molecule has 0 saturated heterocycles. The second-order valence-corrected chi connectivity index (χ2v) is 5.76. The van der Waals surface area contributed by atoms with Gasteiger partial charge in [-0.2, -0.15) is 0 Å². The molecular weight excluding hydrogens is 244 g/mol. The van der Waals surface area contributed by atoms with Gasteiger partial charge in [0.2, 0.25) is 5.95 Å². The van der Waals surface area contributed by atoms with E-state index in [-0.39, 0.29) is 0 Å². The normalized spacial score (nSPS) is 17.3. The fraction of sp³-hybridized carbons (Fsp3) is 0.846. The molecule has 5 heteroatoms. The Morgan fingerprint density at radius 1 is 1.39 bits per heavy atom. The largest absolute Gasteiger partial charge is 0.338 e. The first-order valence-corrected chi connectivity index (χ1v) is 7.49. The van der Waals surface area contributed by atoms with Crippen LogP contribution in [0.2, 0.25) is 0 Å². The summed E-state index contributed by atoms with van der Waals surface area (Å²) in [5.74, 6) is 1.02. The van der Waals surface area contributed by atoms with Gasteiger partial charge in [0, 0.05) is 18.6 Å². The monoisotopic (exact) mass is 268 g/mol. The van der Waals surface area contributed by atoms with Crippen molar-refractivity contribution in [3.8, 4) is 0 Å². The van der Waals surface area contributed by atoms with Crippen LogP contribution < -0.4 is 4.90 Å². The van der Waals surface area contributed by atoms with Gasteiger partial charge >= 0.3 is 0 Å². The third-order valence-corrected chi connectivity index (χ3v) is 4.10. The molecule has 0 atom stereocenters. The molecule has 1 fully saturated rings. The first-order chi connectivity index (χ1) is 8.65. The standard InChI is InChI=1S/C13H24N4S/c1-4-16(11-8-6-5-7-9-11)12-14-15-13(18)17(12)10(2)3/h10-11H,4-9H2,1-3H3,(H,15,18). The van der Waals surface area contributed by atoms with E-state index in [0.717, 1.165) is 17.3 Å². The number of hydrogen-bond acceptors (Lipinski definition) is 3. The minimum absolute atomic E-state index is 0.351. The summed E-state index contributed by atoms with van der Waals surface area (Å²) in [5, 5.41) is 7.40. The smallest absolute Gasteiger partial charge is 0.226 e. The summed E-state index contributed by atoms with van der Waals surface area (Å²) in [4.78, 5) is 2.42. The number of hydrogen-bond donors (Lipinski definition) is 1. The van der Waals surface area contributed by atoms with E-state index in [9.17, 15) is 0 Å². The van der Waals surface area contributed by atoms with Crippen LogP contribution in [0, 0.1) is 4.77 Å². The fourth-order valence-corrected chi connectivity index (χ4v) is 3.26. The molecule has 1 aliphatic rings. The maximum atomic E-state index is 5.34. The molecule has 1 heterocycles. The Hall–Kier alpha value is -0.840. The Morgan fingerprint density at radius 3 is 2.61 bits per heavy atom. The highest BCUT2D eigenvalue weighted by Gasteiger charge is 2.24. The fourth-order valence-electron chi connectivity index (χ4n) is 2.92. The van der Waals surface area contributed by atoms with E-state index >= 15 is 0 Å². The number of nitrogens with one attached hydrogen (secondary N) is 1. The van der Waals surface area contributed by atoms with E-state index in [4.69, 9.17) is 12.2 Å². The summed E-state index contributed by atoms with van der Waals surface area (Å²) in [7, 11) is 0. The summed E-state index contributed by atoms with van der Waals surface area (Å²) in [6.07, 6.45) is 6.63. The SMILES string of the molecule is CCN(c1n[nH]c(=S)n1C(C)C)C1CCCCC1. The number of nitrogens with zero attached hydrogens (tertiary/aromatic N) is 3. The predicted octanol–water partition coefficient (Wildman–Crippen LogP) is 3.68. The summed E-state index contributed by atoms with van der Waals surface area (Å²) >= 11 is 5.34. The molecule has 0 amide bonds. The topological polar surface area (TPSA) is 36.9 Å². The van der Waals surface area contributed by atoms with Crippen LogP contribution in [-0.4, -0.2) is 27.4 Å². The maximum Gasteiger partial charge on any atom is 0.226 e. The van der Waals surface area contributed by atoms with Crippen LogP contribution in [0.1, 0.15) is 58.9 Å². The highest BCUT2D eigenvalue weighted by Crippen LogP contribution is 2.27. The van der Waals surface area contributed by atoms with Crippen LogP contribution in [0.15, 0.2) is 0 Å². The van der Waals surface area contributed by atoms with Crippen molar-refractivity contribution in [1.82, 2.24) is 14.8 Å². The molecule has 0 aromatic carbocycles. The van der Waals surface area contributed by atoms with Crippen LogP contribution in [0.4, 0.5) is 5.95 Å². The Kier molecular flexibility index (Phi) is 4.43. The molecule has 102 valence electrons. The van der Waals surface area contributed by atoms with Crippen LogP contribution in [0.25, 0.3) is 0 Å². The van der Waals surface area contributed by atoms with Crippen molar-refractivity contribution in [2.45, 2.75) is 65.0 Å². The van der Waals surface area contributed by atoms with Gasteiger partial charge in [-0.25, -0.2) is 5.10 Å². The second-order valence-electron chi connectivity index (χ2n) is 5.37. The maximum absolute atomic E-state index is 5.34. The zero-order chi connectivity index (χ0) is 13.1. The molecule has 0 bridgehead atoms. The molecule has 0 aliphatic heterocycles. The molecule has 4 nitrogen and oxygen atoms in total. The minimum Gasteiger partial charge on any atom is -0.338 e. The third kappa shape index (κ3) is 2.60. The zero-order valence-corrected chi connectivity index (χ0v) is 12.5. The van der Waals surface area contributed by atoms with E-state index in [2.05, 4.69) is 40.4 Å². The van der Waals surface area contributed by atoms with Crippen molar-refractivity contribution in [2.75, 3.05) is 11.4 Å². The minimum atomic E-state index is 0.351. The second kappa shape index (κ2) is 5.87. The first kappa shape index (κ1) is 13.6. The van der Waals surface area contributed by atoms with Gasteiger partial charge in [0.05, 0.1) is 0 Å². The average molecular weight is 268 g/mol. The van der Waals surface area contributed by atoms with Gasteiger partial charge in [-0.05, 0) is 45.8 Å².